The summed E-state index contributed by atoms with van der Waals surface area (Å²) in [6, 6.07) is 0.727. The lowest BCUT2D eigenvalue weighted by atomic mass is 10.1. The summed E-state index contributed by atoms with van der Waals surface area (Å²) >= 11 is 5.75. The molecular weight excluding hydrogens is 283 g/mol. The molecule has 8 heteroatoms. The topological polar surface area (TPSA) is 45.6 Å². The van der Waals surface area contributed by atoms with Gasteiger partial charge in [0.2, 0.25) is 0 Å². The summed E-state index contributed by atoms with van der Waals surface area (Å²) in [5, 5.41) is 4.61. The predicted molar refractivity (Wildman–Crippen MR) is 64.0 cm³/mol. The first kappa shape index (κ1) is 13.8. The average Bonchev–Trinajstić information content (AvgIpc) is 2.56. The van der Waals surface area contributed by atoms with Gasteiger partial charge in [0, 0.05) is 11.9 Å². The molecule has 1 amide bonds. The van der Waals surface area contributed by atoms with Gasteiger partial charge in [-0.05, 0) is 19.9 Å². The van der Waals surface area contributed by atoms with Gasteiger partial charge < -0.3 is 0 Å². The Bertz CT molecular complexity index is 571. The molecule has 1 aromatic rings. The van der Waals surface area contributed by atoms with Crippen molar-refractivity contribution >= 4 is 29.0 Å². The minimum absolute atomic E-state index is 0.0941. The Morgan fingerprint density at radius 2 is 2.05 bits per heavy atom. The van der Waals surface area contributed by atoms with Crippen LogP contribution in [-0.4, -0.2) is 16.6 Å². The van der Waals surface area contributed by atoms with Crippen molar-refractivity contribution < 1.29 is 18.0 Å². The molecule has 0 saturated heterocycles. The standard InChI is InChI=1S/C11H9ClF3N3O/c1-5-6(2)17-18(10(5)19)9-8(12)3-7(4-16-9)11(13,14)15/h3-5H,1-2H3. The lowest BCUT2D eigenvalue weighted by Crippen LogP contribution is -2.26. The highest BCUT2D eigenvalue weighted by Crippen LogP contribution is 2.34. The van der Waals surface area contributed by atoms with Gasteiger partial charge >= 0.3 is 6.18 Å². The molecule has 0 saturated carbocycles. The zero-order chi connectivity index (χ0) is 14.4. The van der Waals surface area contributed by atoms with Gasteiger partial charge in [-0.25, -0.2) is 4.98 Å². The summed E-state index contributed by atoms with van der Waals surface area (Å²) < 4.78 is 37.4. The number of carbonyl (C=O) groups excluding carboxylic acids is 1. The highest BCUT2D eigenvalue weighted by molar-refractivity contribution is 6.34. The number of anilines is 1. The molecule has 2 rings (SSSR count). The zero-order valence-electron chi connectivity index (χ0n) is 9.99. The number of pyridine rings is 1. The fourth-order valence-corrected chi connectivity index (χ4v) is 1.80. The number of hydrogen-bond acceptors (Lipinski definition) is 3. The SMILES string of the molecule is CC1=NN(c2ncc(C(F)(F)F)cc2Cl)C(=O)C1C. The number of aromatic nitrogens is 1. The first-order valence-corrected chi connectivity index (χ1v) is 5.71. The van der Waals surface area contributed by atoms with E-state index < -0.39 is 17.7 Å². The van der Waals surface area contributed by atoms with Gasteiger partial charge in [0.15, 0.2) is 5.82 Å². The second kappa shape index (κ2) is 4.48. The molecule has 1 aliphatic heterocycles. The van der Waals surface area contributed by atoms with Crippen molar-refractivity contribution in [3.8, 4) is 0 Å². The number of nitrogens with zero attached hydrogens (tertiary/aromatic N) is 3. The smallest absolute Gasteiger partial charge is 0.272 e. The molecule has 102 valence electrons. The molecular formula is C11H9ClF3N3O. The van der Waals surface area contributed by atoms with Crippen molar-refractivity contribution in [2.24, 2.45) is 11.0 Å². The van der Waals surface area contributed by atoms with E-state index in [1.165, 1.54) is 0 Å². The Balaban J connectivity index is 2.41. The van der Waals surface area contributed by atoms with Crippen LogP contribution in [0.25, 0.3) is 0 Å². The highest BCUT2D eigenvalue weighted by Gasteiger charge is 2.35. The Morgan fingerprint density at radius 1 is 1.42 bits per heavy atom. The van der Waals surface area contributed by atoms with E-state index in [9.17, 15) is 18.0 Å². The number of amides is 1. The van der Waals surface area contributed by atoms with Gasteiger partial charge in [0.25, 0.3) is 5.91 Å². The van der Waals surface area contributed by atoms with Crippen molar-refractivity contribution in [3.05, 3.63) is 22.8 Å². The van der Waals surface area contributed by atoms with Gasteiger partial charge in [-0.3, -0.25) is 4.79 Å². The zero-order valence-corrected chi connectivity index (χ0v) is 10.7. The number of carbonyl (C=O) groups is 1. The first-order chi connectivity index (χ1) is 8.71. The largest absolute Gasteiger partial charge is 0.417 e. The summed E-state index contributed by atoms with van der Waals surface area (Å²) in [5.74, 6) is -0.893. The molecule has 0 bridgehead atoms. The molecule has 0 spiro atoms. The number of halogens is 4. The third-order valence-corrected chi connectivity index (χ3v) is 3.09. The van der Waals surface area contributed by atoms with Gasteiger partial charge in [0.05, 0.1) is 16.5 Å². The predicted octanol–water partition coefficient (Wildman–Crippen LogP) is 3.11. The maximum absolute atomic E-state index is 12.5. The fraction of sp³-hybridized carbons (Fsp3) is 0.364. The maximum atomic E-state index is 12.5. The quantitative estimate of drug-likeness (QED) is 0.798. The number of hydrogen-bond donors (Lipinski definition) is 0. The van der Waals surface area contributed by atoms with E-state index in [1.54, 1.807) is 13.8 Å². The summed E-state index contributed by atoms with van der Waals surface area (Å²) in [5.41, 5.74) is -0.413. The van der Waals surface area contributed by atoms with Gasteiger partial charge in [-0.15, -0.1) is 0 Å². The number of hydrazone groups is 1. The van der Waals surface area contributed by atoms with Crippen LogP contribution in [0.2, 0.25) is 5.02 Å². The highest BCUT2D eigenvalue weighted by atomic mass is 35.5. The van der Waals surface area contributed by atoms with Crippen LogP contribution < -0.4 is 5.01 Å². The van der Waals surface area contributed by atoms with E-state index in [2.05, 4.69) is 10.1 Å². The summed E-state index contributed by atoms with van der Waals surface area (Å²) in [6.45, 7) is 3.31. The first-order valence-electron chi connectivity index (χ1n) is 5.33. The molecule has 0 fully saturated rings. The number of alkyl halides is 3. The van der Waals surface area contributed by atoms with E-state index in [-0.39, 0.29) is 16.7 Å². The van der Waals surface area contributed by atoms with E-state index in [4.69, 9.17) is 11.6 Å². The Morgan fingerprint density at radius 3 is 2.47 bits per heavy atom. The normalized spacial score (nSPS) is 19.9. The van der Waals surface area contributed by atoms with E-state index >= 15 is 0 Å². The van der Waals surface area contributed by atoms with Crippen molar-refractivity contribution in [2.75, 3.05) is 5.01 Å². The van der Waals surface area contributed by atoms with Crippen LogP contribution >= 0.6 is 11.6 Å². The van der Waals surface area contributed by atoms with Gasteiger partial charge in [0.1, 0.15) is 0 Å². The van der Waals surface area contributed by atoms with Gasteiger partial charge in [-0.1, -0.05) is 11.6 Å². The lowest BCUT2D eigenvalue weighted by molar-refractivity contribution is -0.137. The number of rotatable bonds is 1. The minimum atomic E-state index is -4.53. The van der Waals surface area contributed by atoms with Crippen LogP contribution in [0.3, 0.4) is 0 Å². The monoisotopic (exact) mass is 291 g/mol. The van der Waals surface area contributed by atoms with Crippen molar-refractivity contribution in [3.63, 3.8) is 0 Å². The minimum Gasteiger partial charge on any atom is -0.272 e. The van der Waals surface area contributed by atoms with E-state index in [1.807, 2.05) is 0 Å². The summed E-state index contributed by atoms with van der Waals surface area (Å²) in [7, 11) is 0. The van der Waals surface area contributed by atoms with Crippen LogP contribution in [0.1, 0.15) is 19.4 Å². The van der Waals surface area contributed by atoms with Crippen LogP contribution in [0.5, 0.6) is 0 Å². The van der Waals surface area contributed by atoms with Crippen molar-refractivity contribution in [2.45, 2.75) is 20.0 Å². The Labute approximate surface area is 111 Å². The van der Waals surface area contributed by atoms with Crippen LogP contribution in [-0.2, 0) is 11.0 Å². The molecule has 4 nitrogen and oxygen atoms in total. The van der Waals surface area contributed by atoms with E-state index in [0.717, 1.165) is 11.1 Å². The van der Waals surface area contributed by atoms with E-state index in [0.29, 0.717) is 11.9 Å². The summed E-state index contributed by atoms with van der Waals surface area (Å²) in [4.78, 5) is 15.4. The molecule has 2 heterocycles. The summed E-state index contributed by atoms with van der Waals surface area (Å²) in [6.07, 6.45) is -3.90. The maximum Gasteiger partial charge on any atom is 0.417 e. The molecule has 0 aromatic carbocycles. The average molecular weight is 292 g/mol. The van der Waals surface area contributed by atoms with Crippen molar-refractivity contribution in [1.82, 2.24) is 4.98 Å². The molecule has 0 aliphatic carbocycles. The van der Waals surface area contributed by atoms with Crippen LogP contribution in [0.15, 0.2) is 17.4 Å². The van der Waals surface area contributed by atoms with Crippen LogP contribution in [0.4, 0.5) is 19.0 Å². The molecule has 0 radical (unpaired) electrons. The molecule has 1 unspecified atom stereocenters. The second-order valence-electron chi connectivity index (χ2n) is 4.14. The molecule has 1 aromatic heterocycles. The second-order valence-corrected chi connectivity index (χ2v) is 4.55. The fourth-order valence-electron chi connectivity index (χ4n) is 1.55. The van der Waals surface area contributed by atoms with Gasteiger partial charge in [-0.2, -0.15) is 23.3 Å². The molecule has 1 atom stereocenters. The molecule has 19 heavy (non-hydrogen) atoms. The molecule has 0 N–H and O–H groups in total. The third-order valence-electron chi connectivity index (χ3n) is 2.81. The lowest BCUT2D eigenvalue weighted by Gasteiger charge is -2.14. The Hall–Kier alpha value is -1.63. The van der Waals surface area contributed by atoms with Crippen molar-refractivity contribution in [1.29, 1.82) is 0 Å². The van der Waals surface area contributed by atoms with Crippen LogP contribution in [0, 0.1) is 5.92 Å². The Kier molecular flexibility index (Phi) is 3.25. The molecule has 1 aliphatic rings. The third kappa shape index (κ3) is 2.42.